The summed E-state index contributed by atoms with van der Waals surface area (Å²) in [6.07, 6.45) is 0. The van der Waals surface area contributed by atoms with Crippen LogP contribution >= 0.6 is 0 Å². The van der Waals surface area contributed by atoms with Crippen LogP contribution in [0.5, 0.6) is 0 Å². The van der Waals surface area contributed by atoms with Crippen LogP contribution in [0.4, 0.5) is 0 Å². The van der Waals surface area contributed by atoms with Crippen LogP contribution < -0.4 is 0 Å². The van der Waals surface area contributed by atoms with Gasteiger partial charge in [0.1, 0.15) is 0 Å². The molecule has 0 aliphatic heterocycles. The Morgan fingerprint density at radius 1 is 0.312 bits per heavy atom. The second-order valence-corrected chi connectivity index (χ2v) is 13.8. The second-order valence-electron chi connectivity index (χ2n) is 13.8. The van der Waals surface area contributed by atoms with Crippen molar-refractivity contribution in [3.8, 4) is 33.6 Å². The van der Waals surface area contributed by atoms with E-state index in [0.717, 1.165) is 0 Å². The van der Waals surface area contributed by atoms with Gasteiger partial charge in [0, 0.05) is 32.7 Å². The van der Waals surface area contributed by atoms with Crippen LogP contribution in [0, 0.1) is 0 Å². The highest BCUT2D eigenvalue weighted by molar-refractivity contribution is 6.11. The van der Waals surface area contributed by atoms with Crippen LogP contribution in [0.25, 0.3) is 77.2 Å². The lowest BCUT2D eigenvalue weighted by Gasteiger charge is -2.29. The molecule has 0 unspecified atom stereocenters. The fourth-order valence-electron chi connectivity index (χ4n) is 7.97. The van der Waals surface area contributed by atoms with Crippen molar-refractivity contribution >= 4 is 43.6 Å². The summed E-state index contributed by atoms with van der Waals surface area (Å²) in [6.45, 7) is 7.05. The number of fused-ring (bicyclic) bond motifs is 6. The maximum atomic E-state index is 2.45. The third-order valence-electron chi connectivity index (χ3n) is 9.84. The first-order valence-electron chi connectivity index (χ1n) is 16.8. The van der Waals surface area contributed by atoms with E-state index in [1.165, 1.54) is 82.8 Å². The van der Waals surface area contributed by atoms with E-state index >= 15 is 0 Å². The monoisotopic (exact) mass is 616 g/mol. The minimum Gasteiger partial charge on any atom is -0.309 e. The molecule has 48 heavy (non-hydrogen) atoms. The molecule has 0 N–H and O–H groups in total. The summed E-state index contributed by atoms with van der Waals surface area (Å²) in [5.41, 5.74) is 13.4. The van der Waals surface area contributed by atoms with Crippen molar-refractivity contribution in [1.82, 2.24) is 9.13 Å². The van der Waals surface area contributed by atoms with Crippen molar-refractivity contribution in [1.29, 1.82) is 0 Å². The molecule has 9 aromatic rings. The summed E-state index contributed by atoms with van der Waals surface area (Å²) < 4.78 is 4.90. The van der Waals surface area contributed by atoms with Crippen LogP contribution in [-0.2, 0) is 5.41 Å². The maximum Gasteiger partial charge on any atom is 0.0541 e. The predicted molar refractivity (Wildman–Crippen MR) is 205 cm³/mol. The van der Waals surface area contributed by atoms with Gasteiger partial charge < -0.3 is 9.13 Å². The van der Waals surface area contributed by atoms with Crippen molar-refractivity contribution in [2.24, 2.45) is 0 Å². The van der Waals surface area contributed by atoms with Gasteiger partial charge in [0.15, 0.2) is 0 Å². The maximum absolute atomic E-state index is 2.45. The molecule has 0 spiro atoms. The highest BCUT2D eigenvalue weighted by Gasteiger charge is 2.27. The van der Waals surface area contributed by atoms with Crippen molar-refractivity contribution in [3.63, 3.8) is 0 Å². The third kappa shape index (κ3) is 4.26. The number of benzene rings is 7. The van der Waals surface area contributed by atoms with Crippen LogP contribution in [0.2, 0.25) is 0 Å². The van der Waals surface area contributed by atoms with Gasteiger partial charge in [-0.3, -0.25) is 0 Å². The first kappa shape index (κ1) is 28.4. The Morgan fingerprint density at radius 2 is 0.604 bits per heavy atom. The smallest absolute Gasteiger partial charge is 0.0541 e. The molecule has 2 heteroatoms. The Balaban J connectivity index is 1.34. The SMILES string of the molecule is CC(C)(C)c1c(-c2ccccc2-n2c3ccccc3c3ccccc32)cccc1-c1ccccc1-n1c2ccccc2c2ccccc21. The molecule has 0 amide bonds. The molecule has 0 aliphatic rings. The van der Waals surface area contributed by atoms with Crippen LogP contribution in [0.15, 0.2) is 164 Å². The average Bonchev–Trinajstić information content (AvgIpc) is 3.64. The van der Waals surface area contributed by atoms with Crippen molar-refractivity contribution < 1.29 is 0 Å². The van der Waals surface area contributed by atoms with Gasteiger partial charge in [0.25, 0.3) is 0 Å². The molecule has 9 rings (SSSR count). The molecule has 230 valence electrons. The van der Waals surface area contributed by atoms with E-state index in [0.29, 0.717) is 0 Å². The summed E-state index contributed by atoms with van der Waals surface area (Å²) in [6, 6.07) is 59.8. The normalized spacial score (nSPS) is 12.1. The van der Waals surface area contributed by atoms with Crippen LogP contribution in [-0.4, -0.2) is 9.13 Å². The molecular formula is C46H36N2. The van der Waals surface area contributed by atoms with Crippen molar-refractivity contribution in [2.75, 3.05) is 0 Å². The molecule has 2 aromatic heterocycles. The Bertz CT molecular complexity index is 2380. The van der Waals surface area contributed by atoms with Gasteiger partial charge in [-0.1, -0.05) is 148 Å². The Kier molecular flexibility index (Phi) is 6.42. The number of hydrogen-bond acceptors (Lipinski definition) is 0. The molecular weight excluding hydrogens is 581 g/mol. The molecule has 0 bridgehead atoms. The van der Waals surface area contributed by atoms with Gasteiger partial charge in [-0.25, -0.2) is 0 Å². The highest BCUT2D eigenvalue weighted by atomic mass is 15.0. The molecule has 0 saturated heterocycles. The zero-order valence-electron chi connectivity index (χ0n) is 27.5. The number of hydrogen-bond donors (Lipinski definition) is 0. The third-order valence-corrected chi connectivity index (χ3v) is 9.84. The lowest BCUT2D eigenvalue weighted by Crippen LogP contribution is -2.15. The summed E-state index contributed by atoms with van der Waals surface area (Å²) >= 11 is 0. The van der Waals surface area contributed by atoms with Crippen LogP contribution in [0.3, 0.4) is 0 Å². The topological polar surface area (TPSA) is 9.86 Å². The van der Waals surface area contributed by atoms with Crippen molar-refractivity contribution in [2.45, 2.75) is 26.2 Å². The van der Waals surface area contributed by atoms with Crippen LogP contribution in [0.1, 0.15) is 26.3 Å². The first-order valence-corrected chi connectivity index (χ1v) is 16.8. The van der Waals surface area contributed by atoms with E-state index in [2.05, 4.69) is 194 Å². The Labute approximate surface area is 281 Å². The van der Waals surface area contributed by atoms with Gasteiger partial charge in [-0.05, 0) is 58.5 Å². The van der Waals surface area contributed by atoms with Crippen molar-refractivity contribution in [3.05, 3.63) is 169 Å². The Hall–Kier alpha value is -5.86. The van der Waals surface area contributed by atoms with Gasteiger partial charge >= 0.3 is 0 Å². The minimum absolute atomic E-state index is 0.145. The fourth-order valence-corrected chi connectivity index (χ4v) is 7.97. The second kappa shape index (κ2) is 10.9. The van der Waals surface area contributed by atoms with Gasteiger partial charge in [0.2, 0.25) is 0 Å². The number of rotatable bonds is 4. The minimum atomic E-state index is -0.145. The molecule has 2 nitrogen and oxygen atoms in total. The standard InChI is InChI=1S/C46H36N2/c1-46(2,3)45-37(35-21-8-14-29-43(35)47-39-25-10-4-17-31(39)32-18-5-11-26-40(32)47)23-16-24-38(45)36-22-9-15-30-44(36)48-41-27-12-6-19-33(41)34-20-7-13-28-42(34)48/h4-30H,1-3H3. The zero-order chi connectivity index (χ0) is 32.4. The molecule has 0 radical (unpaired) electrons. The average molecular weight is 617 g/mol. The quantitative estimate of drug-likeness (QED) is 0.186. The lowest BCUT2D eigenvalue weighted by atomic mass is 9.77. The van der Waals surface area contributed by atoms with E-state index < -0.39 is 0 Å². The molecule has 0 atom stereocenters. The van der Waals surface area contributed by atoms with Gasteiger partial charge in [-0.2, -0.15) is 0 Å². The Morgan fingerprint density at radius 3 is 0.958 bits per heavy atom. The lowest BCUT2D eigenvalue weighted by molar-refractivity contribution is 0.593. The summed E-state index contributed by atoms with van der Waals surface area (Å²) in [5, 5.41) is 5.08. The summed E-state index contributed by atoms with van der Waals surface area (Å²) in [4.78, 5) is 0. The first-order chi connectivity index (χ1) is 23.5. The fraction of sp³-hybridized carbons (Fsp3) is 0.0870. The largest absolute Gasteiger partial charge is 0.309 e. The predicted octanol–water partition coefficient (Wildman–Crippen LogP) is 12.5. The molecule has 0 aliphatic carbocycles. The van der Waals surface area contributed by atoms with E-state index in [4.69, 9.17) is 0 Å². The van der Waals surface area contributed by atoms with E-state index in [-0.39, 0.29) is 5.41 Å². The molecule has 7 aromatic carbocycles. The zero-order valence-corrected chi connectivity index (χ0v) is 27.5. The number of para-hydroxylation sites is 6. The molecule has 0 fully saturated rings. The van der Waals surface area contributed by atoms with E-state index in [1.807, 2.05) is 0 Å². The molecule has 0 saturated carbocycles. The van der Waals surface area contributed by atoms with Gasteiger partial charge in [0.05, 0.1) is 33.4 Å². The van der Waals surface area contributed by atoms with Gasteiger partial charge in [-0.15, -0.1) is 0 Å². The summed E-state index contributed by atoms with van der Waals surface area (Å²) in [5.74, 6) is 0. The number of aromatic nitrogens is 2. The van der Waals surface area contributed by atoms with E-state index in [1.54, 1.807) is 0 Å². The molecule has 2 heterocycles. The van der Waals surface area contributed by atoms with E-state index in [9.17, 15) is 0 Å². The highest BCUT2D eigenvalue weighted by Crippen LogP contribution is 2.45. The summed E-state index contributed by atoms with van der Waals surface area (Å²) in [7, 11) is 0. The number of nitrogens with zero attached hydrogens (tertiary/aromatic N) is 2.